The average molecular weight is 600 g/mol. The fourth-order valence-electron chi connectivity index (χ4n) is 6.73. The predicted molar refractivity (Wildman–Crippen MR) is 168 cm³/mol. The fraction of sp³-hybridized carbons (Fsp3) is 0.472. The third-order valence-corrected chi connectivity index (χ3v) is 9.16. The summed E-state index contributed by atoms with van der Waals surface area (Å²) < 4.78 is 25.0. The van der Waals surface area contributed by atoms with Crippen LogP contribution in [-0.4, -0.2) is 65.6 Å². The Morgan fingerprint density at radius 2 is 1.75 bits per heavy atom. The van der Waals surface area contributed by atoms with Gasteiger partial charge in [0.2, 0.25) is 0 Å². The molecule has 2 aliphatic heterocycles. The lowest BCUT2D eigenvalue weighted by atomic mass is 9.93. The van der Waals surface area contributed by atoms with E-state index in [0.717, 1.165) is 55.0 Å². The van der Waals surface area contributed by atoms with Gasteiger partial charge in [-0.05, 0) is 98.9 Å². The molecule has 8 heteroatoms. The van der Waals surface area contributed by atoms with Crippen molar-refractivity contribution in [2.75, 3.05) is 26.7 Å². The second kappa shape index (κ2) is 12.7. The number of pyridine rings is 1. The molecule has 3 heterocycles. The Kier molecular flexibility index (Phi) is 8.72. The number of amides is 1. The average Bonchev–Trinajstić information content (AvgIpc) is 3.87. The van der Waals surface area contributed by atoms with Crippen molar-refractivity contribution in [1.29, 1.82) is 0 Å². The Morgan fingerprint density at radius 1 is 1.02 bits per heavy atom. The van der Waals surface area contributed by atoms with Gasteiger partial charge in [-0.1, -0.05) is 19.1 Å². The zero-order valence-electron chi connectivity index (χ0n) is 26.2. The van der Waals surface area contributed by atoms with Crippen LogP contribution in [0.25, 0.3) is 11.1 Å². The fourth-order valence-corrected chi connectivity index (χ4v) is 6.73. The minimum atomic E-state index is -0.452. The van der Waals surface area contributed by atoms with Gasteiger partial charge in [0.1, 0.15) is 11.6 Å². The SMILES string of the molecule is CCc1nc2c(cc1C(=O)OC)C(=O)N(C1CCN(Cc3cc(C4CC4)c(-c4ccc(F)cc4)cc3OC(C)C)CC1)CC2. The van der Waals surface area contributed by atoms with E-state index in [-0.39, 0.29) is 23.9 Å². The number of halogens is 1. The highest BCUT2D eigenvalue weighted by Gasteiger charge is 2.35. The minimum Gasteiger partial charge on any atom is -0.491 e. The number of likely N-dealkylation sites (tertiary alicyclic amines) is 1. The molecule has 0 radical (unpaired) electrons. The molecule has 3 aromatic rings. The minimum absolute atomic E-state index is 0.0305. The molecule has 2 aromatic carbocycles. The van der Waals surface area contributed by atoms with Crippen molar-refractivity contribution < 1.29 is 23.5 Å². The number of carbonyl (C=O) groups excluding carboxylic acids is 2. The number of ether oxygens (including phenoxy) is 2. The number of piperidine rings is 1. The van der Waals surface area contributed by atoms with E-state index < -0.39 is 5.97 Å². The van der Waals surface area contributed by atoms with Gasteiger partial charge in [-0.25, -0.2) is 9.18 Å². The number of esters is 1. The quantitative estimate of drug-likeness (QED) is 0.259. The lowest BCUT2D eigenvalue weighted by molar-refractivity contribution is 0.0542. The van der Waals surface area contributed by atoms with Gasteiger partial charge in [0.15, 0.2) is 0 Å². The van der Waals surface area contributed by atoms with Crippen molar-refractivity contribution in [3.8, 4) is 16.9 Å². The molecule has 2 fully saturated rings. The summed E-state index contributed by atoms with van der Waals surface area (Å²) in [5.41, 5.74) is 7.02. The largest absolute Gasteiger partial charge is 0.491 e. The van der Waals surface area contributed by atoms with Crippen LogP contribution in [-0.2, 0) is 24.1 Å². The molecule has 7 nitrogen and oxygen atoms in total. The van der Waals surface area contributed by atoms with Crippen LogP contribution in [0.4, 0.5) is 4.39 Å². The molecular weight excluding hydrogens is 557 g/mol. The van der Waals surface area contributed by atoms with Gasteiger partial charge in [-0.15, -0.1) is 0 Å². The first kappa shape index (κ1) is 30.3. The number of rotatable bonds is 9. The molecule has 0 N–H and O–H groups in total. The van der Waals surface area contributed by atoms with Gasteiger partial charge in [0, 0.05) is 44.2 Å². The summed E-state index contributed by atoms with van der Waals surface area (Å²) in [7, 11) is 1.35. The molecule has 44 heavy (non-hydrogen) atoms. The van der Waals surface area contributed by atoms with Crippen molar-refractivity contribution in [2.45, 2.75) is 83.9 Å². The van der Waals surface area contributed by atoms with E-state index in [1.165, 1.54) is 43.2 Å². The molecule has 0 atom stereocenters. The van der Waals surface area contributed by atoms with Crippen molar-refractivity contribution in [3.63, 3.8) is 0 Å². The number of hydrogen-bond donors (Lipinski definition) is 0. The first-order chi connectivity index (χ1) is 21.2. The Balaban J connectivity index is 1.18. The van der Waals surface area contributed by atoms with Crippen molar-refractivity contribution >= 4 is 11.9 Å². The van der Waals surface area contributed by atoms with Gasteiger partial charge < -0.3 is 14.4 Å². The lowest BCUT2D eigenvalue weighted by Gasteiger charge is -2.40. The van der Waals surface area contributed by atoms with E-state index in [0.29, 0.717) is 42.1 Å². The van der Waals surface area contributed by atoms with Crippen LogP contribution >= 0.6 is 0 Å². The monoisotopic (exact) mass is 599 g/mol. The number of fused-ring (bicyclic) bond motifs is 1. The third kappa shape index (κ3) is 6.23. The van der Waals surface area contributed by atoms with Gasteiger partial charge in [0.05, 0.1) is 35.7 Å². The summed E-state index contributed by atoms with van der Waals surface area (Å²) >= 11 is 0. The van der Waals surface area contributed by atoms with Crippen molar-refractivity contribution in [3.05, 3.63) is 81.9 Å². The Bertz CT molecular complexity index is 1540. The van der Waals surface area contributed by atoms with E-state index in [1.807, 2.05) is 37.8 Å². The molecule has 0 spiro atoms. The molecule has 1 amide bonds. The molecule has 1 saturated carbocycles. The maximum atomic E-state index is 13.7. The summed E-state index contributed by atoms with van der Waals surface area (Å²) in [6.07, 6.45) is 5.44. The molecular formula is C36H42FN3O4. The molecule has 1 aliphatic carbocycles. The Morgan fingerprint density at radius 3 is 2.39 bits per heavy atom. The topological polar surface area (TPSA) is 72.0 Å². The molecule has 3 aliphatic rings. The highest BCUT2D eigenvalue weighted by molar-refractivity contribution is 6.00. The zero-order valence-corrected chi connectivity index (χ0v) is 26.2. The summed E-state index contributed by atoms with van der Waals surface area (Å²) in [6, 6.07) is 13.1. The Hall–Kier alpha value is -3.78. The second-order valence-corrected chi connectivity index (χ2v) is 12.6. The van der Waals surface area contributed by atoms with E-state index in [1.54, 1.807) is 6.07 Å². The highest BCUT2D eigenvalue weighted by atomic mass is 19.1. The van der Waals surface area contributed by atoms with Crippen LogP contribution in [0.1, 0.15) is 95.6 Å². The standard InChI is InChI=1S/C36H42FN3O4/c1-5-32-31(36(42)43-4)19-30-33(38-32)14-17-40(35(30)41)27-12-15-39(16-13-27)21-25-18-28(23-6-7-23)29(20-34(25)44-22(2)3)24-8-10-26(37)11-9-24/h8-11,18-20,22-23,27H,5-7,12-17,21H2,1-4H3. The maximum absolute atomic E-state index is 13.7. The summed E-state index contributed by atoms with van der Waals surface area (Å²) in [6.45, 7) is 9.22. The van der Waals surface area contributed by atoms with Crippen LogP contribution in [0.3, 0.4) is 0 Å². The predicted octanol–water partition coefficient (Wildman–Crippen LogP) is 6.56. The molecule has 1 saturated heterocycles. The lowest BCUT2D eigenvalue weighted by Crippen LogP contribution is -2.50. The zero-order chi connectivity index (χ0) is 31.0. The number of benzene rings is 2. The summed E-state index contributed by atoms with van der Waals surface area (Å²) in [5.74, 6) is 0.691. The number of carbonyl (C=O) groups is 2. The third-order valence-electron chi connectivity index (χ3n) is 9.16. The number of methoxy groups -OCH3 is 1. The molecule has 1 aromatic heterocycles. The van der Waals surface area contributed by atoms with E-state index in [2.05, 4.69) is 22.0 Å². The van der Waals surface area contributed by atoms with Gasteiger partial charge in [0.25, 0.3) is 5.91 Å². The van der Waals surface area contributed by atoms with Crippen LogP contribution in [0.5, 0.6) is 5.75 Å². The van der Waals surface area contributed by atoms with Crippen LogP contribution < -0.4 is 4.74 Å². The van der Waals surface area contributed by atoms with Crippen LogP contribution in [0, 0.1) is 5.82 Å². The normalized spacial score (nSPS) is 17.6. The van der Waals surface area contributed by atoms with Gasteiger partial charge >= 0.3 is 5.97 Å². The number of aryl methyl sites for hydroxylation is 1. The summed E-state index contributed by atoms with van der Waals surface area (Å²) in [5, 5.41) is 0. The first-order valence-corrected chi connectivity index (χ1v) is 16.0. The van der Waals surface area contributed by atoms with E-state index >= 15 is 0 Å². The smallest absolute Gasteiger partial charge is 0.339 e. The maximum Gasteiger partial charge on any atom is 0.339 e. The van der Waals surface area contributed by atoms with Crippen molar-refractivity contribution in [2.24, 2.45) is 0 Å². The molecule has 0 bridgehead atoms. The molecule has 232 valence electrons. The number of hydrogen-bond acceptors (Lipinski definition) is 6. The molecule has 6 rings (SSSR count). The van der Waals surface area contributed by atoms with E-state index in [4.69, 9.17) is 9.47 Å². The van der Waals surface area contributed by atoms with Gasteiger partial charge in [-0.2, -0.15) is 0 Å². The highest BCUT2D eigenvalue weighted by Crippen LogP contribution is 2.47. The second-order valence-electron chi connectivity index (χ2n) is 12.6. The first-order valence-electron chi connectivity index (χ1n) is 16.0. The van der Waals surface area contributed by atoms with Crippen molar-refractivity contribution in [1.82, 2.24) is 14.8 Å². The molecule has 0 unspecified atom stereocenters. The Labute approximate surface area is 259 Å². The number of nitrogens with zero attached hydrogens (tertiary/aromatic N) is 3. The van der Waals surface area contributed by atoms with Gasteiger partial charge in [-0.3, -0.25) is 14.7 Å². The summed E-state index contributed by atoms with van der Waals surface area (Å²) in [4.78, 5) is 35.2. The van der Waals surface area contributed by atoms with Crippen LogP contribution in [0.15, 0.2) is 42.5 Å². The van der Waals surface area contributed by atoms with E-state index in [9.17, 15) is 14.0 Å². The van der Waals surface area contributed by atoms with Crippen LogP contribution in [0.2, 0.25) is 0 Å². The number of aromatic nitrogens is 1.